The van der Waals surface area contributed by atoms with Gasteiger partial charge in [-0.15, -0.1) is 0 Å². The van der Waals surface area contributed by atoms with E-state index >= 15 is 0 Å². The number of aromatic nitrogens is 4. The summed E-state index contributed by atoms with van der Waals surface area (Å²) in [5.41, 5.74) is 0.828. The maximum absolute atomic E-state index is 12.2. The zero-order valence-electron chi connectivity index (χ0n) is 14.5. The molecule has 1 atom stereocenters. The Kier molecular flexibility index (Phi) is 4.61. The molecule has 2 aromatic rings. The largest absolute Gasteiger partial charge is 0.454 e. The first kappa shape index (κ1) is 17.9. The Bertz CT molecular complexity index is 860. The summed E-state index contributed by atoms with van der Waals surface area (Å²) in [7, 11) is 0. The lowest BCUT2D eigenvalue weighted by Crippen LogP contribution is -2.24. The predicted molar refractivity (Wildman–Crippen MR) is 90.0 cm³/mol. The minimum absolute atomic E-state index is 0.171. The number of aryl methyl sites for hydroxylation is 1. The predicted octanol–water partition coefficient (Wildman–Crippen LogP) is 3.08. The zero-order chi connectivity index (χ0) is 19.0. The summed E-state index contributed by atoms with van der Waals surface area (Å²) in [6.45, 7) is -0.882. The molecule has 6 nitrogen and oxygen atoms in total. The van der Waals surface area contributed by atoms with Crippen molar-refractivity contribution in [3.8, 4) is 17.3 Å². The van der Waals surface area contributed by atoms with E-state index in [-0.39, 0.29) is 11.6 Å². The Labute approximate surface area is 153 Å². The van der Waals surface area contributed by atoms with Crippen molar-refractivity contribution in [3.05, 3.63) is 34.9 Å². The van der Waals surface area contributed by atoms with E-state index in [1.807, 2.05) is 0 Å². The van der Waals surface area contributed by atoms with Crippen LogP contribution in [0, 0.1) is 17.8 Å². The fraction of sp³-hybridized carbons (Fsp3) is 0.556. The van der Waals surface area contributed by atoms with E-state index in [1.54, 1.807) is 6.07 Å². The summed E-state index contributed by atoms with van der Waals surface area (Å²) in [6, 6.07) is 2.63. The van der Waals surface area contributed by atoms with Gasteiger partial charge < -0.3 is 4.74 Å². The van der Waals surface area contributed by atoms with Crippen LogP contribution in [0.4, 0.5) is 13.2 Å². The van der Waals surface area contributed by atoms with Crippen molar-refractivity contribution < 1.29 is 17.9 Å². The van der Waals surface area contributed by atoms with Crippen molar-refractivity contribution in [2.75, 3.05) is 6.61 Å². The minimum Gasteiger partial charge on any atom is -0.454 e. The van der Waals surface area contributed by atoms with Gasteiger partial charge in [-0.3, -0.25) is 4.79 Å². The number of ether oxygens (including phenoxy) is 1. The number of rotatable bonds is 6. The zero-order valence-corrected chi connectivity index (χ0v) is 14.5. The van der Waals surface area contributed by atoms with Crippen molar-refractivity contribution in [3.63, 3.8) is 0 Å². The molecule has 2 bridgehead atoms. The van der Waals surface area contributed by atoms with Gasteiger partial charge in [-0.25, -0.2) is 14.6 Å². The second-order valence-electron chi connectivity index (χ2n) is 7.32. The van der Waals surface area contributed by atoms with Crippen LogP contribution in [0.25, 0.3) is 11.3 Å². The van der Waals surface area contributed by atoms with Crippen molar-refractivity contribution in [2.24, 2.45) is 17.8 Å². The average molecular weight is 380 g/mol. The number of alkyl halides is 3. The molecule has 0 spiro atoms. The van der Waals surface area contributed by atoms with Gasteiger partial charge in [0.15, 0.2) is 6.61 Å². The maximum Gasteiger partial charge on any atom is 0.422 e. The summed E-state index contributed by atoms with van der Waals surface area (Å²) in [5, 5.41) is 4.36. The molecule has 2 aromatic heterocycles. The summed E-state index contributed by atoms with van der Waals surface area (Å²) >= 11 is 0. The molecule has 9 heteroatoms. The van der Waals surface area contributed by atoms with E-state index in [2.05, 4.69) is 19.8 Å². The smallest absolute Gasteiger partial charge is 0.422 e. The average Bonchev–Trinajstić information content (AvgIpc) is 3.19. The molecule has 3 saturated carbocycles. The highest BCUT2D eigenvalue weighted by Gasteiger charge is 2.43. The molecular formula is C18H19F3N4O2. The first-order chi connectivity index (χ1) is 12.9. The van der Waals surface area contributed by atoms with Crippen LogP contribution < -0.4 is 10.3 Å². The second kappa shape index (κ2) is 6.94. The van der Waals surface area contributed by atoms with Crippen LogP contribution >= 0.6 is 0 Å². The molecule has 27 heavy (non-hydrogen) atoms. The maximum atomic E-state index is 12.2. The Morgan fingerprint density at radius 1 is 1.15 bits per heavy atom. The number of halogens is 3. The van der Waals surface area contributed by atoms with Crippen LogP contribution in [-0.4, -0.2) is 32.5 Å². The van der Waals surface area contributed by atoms with Gasteiger partial charge in [0.1, 0.15) is 0 Å². The van der Waals surface area contributed by atoms with E-state index in [0.717, 1.165) is 18.3 Å². The van der Waals surface area contributed by atoms with Crippen molar-refractivity contribution in [2.45, 2.75) is 38.4 Å². The molecule has 0 aliphatic heterocycles. The molecular weight excluding hydrogens is 361 g/mol. The number of hydrogen-bond donors (Lipinski definition) is 0. The molecule has 2 heterocycles. The van der Waals surface area contributed by atoms with Gasteiger partial charge in [0.2, 0.25) is 0 Å². The highest BCUT2D eigenvalue weighted by atomic mass is 19.4. The first-order valence-electron chi connectivity index (χ1n) is 8.97. The molecule has 144 valence electrons. The molecule has 0 aromatic carbocycles. The quantitative estimate of drug-likeness (QED) is 0.770. The molecule has 5 rings (SSSR count). The molecule has 3 fully saturated rings. The number of fused-ring (bicyclic) bond motifs is 1. The second-order valence-corrected chi connectivity index (χ2v) is 7.32. The normalized spacial score (nSPS) is 23.9. The Morgan fingerprint density at radius 2 is 1.89 bits per heavy atom. The van der Waals surface area contributed by atoms with Crippen LogP contribution in [0.3, 0.4) is 0 Å². The van der Waals surface area contributed by atoms with Gasteiger partial charge in [0, 0.05) is 30.6 Å². The van der Waals surface area contributed by atoms with E-state index in [1.165, 1.54) is 42.4 Å². The van der Waals surface area contributed by atoms with Gasteiger partial charge in [-0.1, -0.05) is 0 Å². The highest BCUT2D eigenvalue weighted by Crippen LogP contribution is 2.53. The molecule has 0 saturated heterocycles. The standard InChI is InChI=1S/C18H19F3N4O2/c19-18(20,21)10-27-17-22-8-14(9-23-17)15-1-2-16(26)25(24-15)4-3-12-5-11-6-13(12)7-11/h1-2,8-9,11-13H,3-7,10H2/t11?,12-,13?/m1/s1. The van der Waals surface area contributed by atoms with Gasteiger partial charge in [-0.2, -0.15) is 18.3 Å². The van der Waals surface area contributed by atoms with Crippen LogP contribution in [-0.2, 0) is 6.54 Å². The Hall–Kier alpha value is -2.45. The van der Waals surface area contributed by atoms with Crippen molar-refractivity contribution >= 4 is 0 Å². The van der Waals surface area contributed by atoms with Crippen LogP contribution in [0.5, 0.6) is 6.01 Å². The minimum atomic E-state index is -4.45. The SMILES string of the molecule is O=c1ccc(-c2cnc(OCC(F)(F)F)nc2)nn1CC[C@@H]1CC2CC1C2. The number of nitrogens with zero attached hydrogens (tertiary/aromatic N) is 4. The third-order valence-electron chi connectivity index (χ3n) is 5.44. The molecule has 0 N–H and O–H groups in total. The Balaban J connectivity index is 1.43. The van der Waals surface area contributed by atoms with E-state index in [4.69, 9.17) is 0 Å². The fourth-order valence-corrected chi connectivity index (χ4v) is 4.06. The molecule has 0 amide bonds. The third-order valence-corrected chi connectivity index (χ3v) is 5.44. The van der Waals surface area contributed by atoms with Gasteiger partial charge in [0.25, 0.3) is 5.56 Å². The van der Waals surface area contributed by atoms with Crippen molar-refractivity contribution in [1.82, 2.24) is 19.7 Å². The Morgan fingerprint density at radius 3 is 2.52 bits per heavy atom. The number of hydrogen-bond acceptors (Lipinski definition) is 5. The van der Waals surface area contributed by atoms with Crippen LogP contribution in [0.2, 0.25) is 0 Å². The topological polar surface area (TPSA) is 69.9 Å². The van der Waals surface area contributed by atoms with E-state index in [0.29, 0.717) is 23.7 Å². The lowest BCUT2D eigenvalue weighted by molar-refractivity contribution is -0.154. The molecule has 0 radical (unpaired) electrons. The summed E-state index contributed by atoms with van der Waals surface area (Å²) in [4.78, 5) is 19.6. The summed E-state index contributed by atoms with van der Waals surface area (Å²) < 4.78 is 42.4. The molecule has 0 unspecified atom stereocenters. The fourth-order valence-electron chi connectivity index (χ4n) is 4.06. The first-order valence-corrected chi connectivity index (χ1v) is 8.97. The lowest BCUT2D eigenvalue weighted by Gasteiger charge is -2.24. The van der Waals surface area contributed by atoms with Crippen LogP contribution in [0.1, 0.15) is 25.7 Å². The molecule has 3 aliphatic carbocycles. The van der Waals surface area contributed by atoms with E-state index < -0.39 is 12.8 Å². The van der Waals surface area contributed by atoms with Crippen molar-refractivity contribution in [1.29, 1.82) is 0 Å². The van der Waals surface area contributed by atoms with Gasteiger partial charge in [0.05, 0.1) is 5.69 Å². The third kappa shape index (κ3) is 4.12. The van der Waals surface area contributed by atoms with E-state index in [9.17, 15) is 18.0 Å². The highest BCUT2D eigenvalue weighted by molar-refractivity contribution is 5.55. The molecule has 3 aliphatic rings. The lowest BCUT2D eigenvalue weighted by atomic mass is 9.82. The summed E-state index contributed by atoms with van der Waals surface area (Å²) in [6.07, 6.45) is 3.08. The summed E-state index contributed by atoms with van der Waals surface area (Å²) in [5.74, 6) is 2.37. The monoisotopic (exact) mass is 380 g/mol. The van der Waals surface area contributed by atoms with Gasteiger partial charge >= 0.3 is 12.2 Å². The van der Waals surface area contributed by atoms with Crippen LogP contribution in [0.15, 0.2) is 29.3 Å². The van der Waals surface area contributed by atoms with Gasteiger partial charge in [-0.05, 0) is 49.5 Å².